The molecular formula is C15H15ClFN3O3S. The van der Waals surface area contributed by atoms with E-state index in [-0.39, 0.29) is 22.3 Å². The van der Waals surface area contributed by atoms with Gasteiger partial charge in [-0.3, -0.25) is 4.79 Å². The topological polar surface area (TPSA) is 81.1 Å². The van der Waals surface area contributed by atoms with E-state index in [1.807, 2.05) is 0 Å². The molecule has 1 unspecified atom stereocenters. The molecule has 0 aliphatic carbocycles. The van der Waals surface area contributed by atoms with E-state index in [0.29, 0.717) is 18.7 Å². The molecule has 24 heavy (non-hydrogen) atoms. The lowest BCUT2D eigenvalue weighted by molar-refractivity contribution is 0.474. The molecule has 0 saturated carbocycles. The first-order valence-corrected chi connectivity index (χ1v) is 9.52. The van der Waals surface area contributed by atoms with Crippen molar-refractivity contribution >= 4 is 27.1 Å². The lowest BCUT2D eigenvalue weighted by atomic mass is 10.2. The Morgan fingerprint density at radius 3 is 2.67 bits per heavy atom. The maximum atomic E-state index is 12.9. The fraction of sp³-hybridized carbons (Fsp3) is 0.333. The Morgan fingerprint density at radius 1 is 1.33 bits per heavy atom. The highest BCUT2D eigenvalue weighted by Crippen LogP contribution is 2.23. The summed E-state index contributed by atoms with van der Waals surface area (Å²) < 4.78 is 37.1. The Kier molecular flexibility index (Phi) is 4.60. The van der Waals surface area contributed by atoms with Gasteiger partial charge in [-0.25, -0.2) is 17.5 Å². The minimum Gasteiger partial charge on any atom is -0.378 e. The standard InChI is InChI=1S/C15H15ClFN3O3S/c16-14-13(18-7-10-1-3-11(17)4-2-10)8-19-20(15(14)21)12-5-6-24(22,23)9-12/h1-4,8,12,18H,5-7,9H2. The van der Waals surface area contributed by atoms with Crippen LogP contribution in [0.4, 0.5) is 10.1 Å². The van der Waals surface area contributed by atoms with Gasteiger partial charge in [0, 0.05) is 6.54 Å². The zero-order chi connectivity index (χ0) is 17.3. The highest BCUT2D eigenvalue weighted by Gasteiger charge is 2.31. The van der Waals surface area contributed by atoms with Crippen LogP contribution in [-0.4, -0.2) is 29.7 Å². The number of nitrogens with zero attached hydrogens (tertiary/aromatic N) is 2. The monoisotopic (exact) mass is 371 g/mol. The third-order valence-corrected chi connectivity index (χ3v) is 6.01. The number of benzene rings is 1. The van der Waals surface area contributed by atoms with Gasteiger partial charge in [-0.2, -0.15) is 5.10 Å². The predicted octanol–water partition coefficient (Wildman–Crippen LogP) is 2.01. The van der Waals surface area contributed by atoms with Gasteiger partial charge in [0.2, 0.25) is 0 Å². The van der Waals surface area contributed by atoms with Crippen LogP contribution in [-0.2, 0) is 16.4 Å². The Balaban J connectivity index is 1.78. The van der Waals surface area contributed by atoms with E-state index in [9.17, 15) is 17.6 Å². The molecule has 1 aliphatic rings. The van der Waals surface area contributed by atoms with Crippen LogP contribution >= 0.6 is 11.6 Å². The summed E-state index contributed by atoms with van der Waals surface area (Å²) in [7, 11) is -3.12. The van der Waals surface area contributed by atoms with Crippen molar-refractivity contribution in [1.82, 2.24) is 9.78 Å². The van der Waals surface area contributed by atoms with Crippen LogP contribution in [0.15, 0.2) is 35.3 Å². The van der Waals surface area contributed by atoms with Crippen LogP contribution in [0.25, 0.3) is 0 Å². The van der Waals surface area contributed by atoms with E-state index >= 15 is 0 Å². The molecule has 2 heterocycles. The van der Waals surface area contributed by atoms with Crippen molar-refractivity contribution in [3.05, 3.63) is 57.2 Å². The van der Waals surface area contributed by atoms with E-state index < -0.39 is 21.4 Å². The smallest absolute Gasteiger partial charge is 0.287 e. The summed E-state index contributed by atoms with van der Waals surface area (Å²) in [6.45, 7) is 0.350. The molecule has 0 amide bonds. The average Bonchev–Trinajstić information content (AvgIpc) is 2.90. The Labute approximate surface area is 143 Å². The zero-order valence-corrected chi connectivity index (χ0v) is 14.1. The third kappa shape index (κ3) is 3.59. The van der Waals surface area contributed by atoms with E-state index in [1.54, 1.807) is 12.1 Å². The van der Waals surface area contributed by atoms with E-state index in [1.165, 1.54) is 18.3 Å². The van der Waals surface area contributed by atoms with Gasteiger partial charge in [0.25, 0.3) is 5.56 Å². The second kappa shape index (κ2) is 6.52. The number of hydrogen-bond donors (Lipinski definition) is 1. The maximum Gasteiger partial charge on any atom is 0.287 e. The van der Waals surface area contributed by atoms with Gasteiger partial charge in [0.15, 0.2) is 9.84 Å². The summed E-state index contributed by atoms with van der Waals surface area (Å²) in [5.74, 6) is -0.375. The first kappa shape index (κ1) is 16.9. The van der Waals surface area contributed by atoms with Crippen LogP contribution in [0.1, 0.15) is 18.0 Å². The fourth-order valence-electron chi connectivity index (χ4n) is 2.60. The SMILES string of the molecule is O=c1c(Cl)c(NCc2ccc(F)cc2)cnn1C1CCS(=O)(=O)C1. The van der Waals surface area contributed by atoms with Crippen LogP contribution in [0.2, 0.25) is 5.02 Å². The average molecular weight is 372 g/mol. The lowest BCUT2D eigenvalue weighted by Crippen LogP contribution is -2.29. The van der Waals surface area contributed by atoms with Crippen molar-refractivity contribution in [2.24, 2.45) is 0 Å². The number of anilines is 1. The summed E-state index contributed by atoms with van der Waals surface area (Å²) in [5.41, 5.74) is 0.643. The second-order valence-corrected chi connectivity index (χ2v) is 8.27. The lowest BCUT2D eigenvalue weighted by Gasteiger charge is -2.13. The van der Waals surface area contributed by atoms with Crippen molar-refractivity contribution in [2.45, 2.75) is 19.0 Å². The number of hydrogen-bond acceptors (Lipinski definition) is 5. The van der Waals surface area contributed by atoms with Gasteiger partial charge in [-0.05, 0) is 24.1 Å². The number of halogens is 2. The number of aromatic nitrogens is 2. The number of rotatable bonds is 4. The summed E-state index contributed by atoms with van der Waals surface area (Å²) >= 11 is 6.09. The fourth-order valence-corrected chi connectivity index (χ4v) is 4.49. The summed E-state index contributed by atoms with van der Waals surface area (Å²) in [4.78, 5) is 12.3. The molecule has 1 saturated heterocycles. The van der Waals surface area contributed by atoms with E-state index in [0.717, 1.165) is 10.2 Å². The second-order valence-electron chi connectivity index (χ2n) is 5.66. The molecule has 1 atom stereocenters. The van der Waals surface area contributed by atoms with Crippen molar-refractivity contribution < 1.29 is 12.8 Å². The summed E-state index contributed by atoms with van der Waals surface area (Å²) in [6, 6.07) is 5.44. The van der Waals surface area contributed by atoms with Gasteiger partial charge in [0.05, 0.1) is 29.4 Å². The van der Waals surface area contributed by atoms with Gasteiger partial charge in [-0.1, -0.05) is 23.7 Å². The van der Waals surface area contributed by atoms with E-state index in [2.05, 4.69) is 10.4 Å². The minimum absolute atomic E-state index is 0.0450. The molecule has 1 aromatic carbocycles. The summed E-state index contributed by atoms with van der Waals surface area (Å²) in [6.07, 6.45) is 1.76. The number of nitrogens with one attached hydrogen (secondary N) is 1. The zero-order valence-electron chi connectivity index (χ0n) is 12.6. The van der Waals surface area contributed by atoms with Crippen molar-refractivity contribution in [3.63, 3.8) is 0 Å². The molecule has 0 radical (unpaired) electrons. The molecule has 0 bridgehead atoms. The van der Waals surface area contributed by atoms with Crippen molar-refractivity contribution in [2.75, 3.05) is 16.8 Å². The molecule has 1 aromatic heterocycles. The first-order chi connectivity index (χ1) is 11.4. The molecule has 0 spiro atoms. The molecule has 6 nitrogen and oxygen atoms in total. The Bertz CT molecular complexity index is 913. The predicted molar refractivity (Wildman–Crippen MR) is 89.5 cm³/mol. The largest absolute Gasteiger partial charge is 0.378 e. The molecule has 1 fully saturated rings. The van der Waals surface area contributed by atoms with Crippen LogP contribution in [0.5, 0.6) is 0 Å². The van der Waals surface area contributed by atoms with Crippen LogP contribution < -0.4 is 10.9 Å². The molecule has 2 aromatic rings. The number of sulfone groups is 1. The highest BCUT2D eigenvalue weighted by molar-refractivity contribution is 7.91. The van der Waals surface area contributed by atoms with Crippen LogP contribution in [0, 0.1) is 5.82 Å². The Morgan fingerprint density at radius 2 is 2.04 bits per heavy atom. The summed E-state index contributed by atoms with van der Waals surface area (Å²) in [5, 5.41) is 6.98. The van der Waals surface area contributed by atoms with Gasteiger partial charge in [0.1, 0.15) is 10.8 Å². The molecular weight excluding hydrogens is 357 g/mol. The molecule has 3 rings (SSSR count). The quantitative estimate of drug-likeness (QED) is 0.889. The van der Waals surface area contributed by atoms with Gasteiger partial charge >= 0.3 is 0 Å². The maximum absolute atomic E-state index is 12.9. The Hall–Kier alpha value is -1.93. The van der Waals surface area contributed by atoms with Crippen molar-refractivity contribution in [3.8, 4) is 0 Å². The minimum atomic E-state index is -3.12. The third-order valence-electron chi connectivity index (χ3n) is 3.89. The molecule has 9 heteroatoms. The highest BCUT2D eigenvalue weighted by atomic mass is 35.5. The van der Waals surface area contributed by atoms with E-state index in [4.69, 9.17) is 11.6 Å². The molecule has 1 aliphatic heterocycles. The van der Waals surface area contributed by atoms with Gasteiger partial charge in [-0.15, -0.1) is 0 Å². The first-order valence-electron chi connectivity index (χ1n) is 7.32. The van der Waals surface area contributed by atoms with Gasteiger partial charge < -0.3 is 5.32 Å². The normalized spacial score (nSPS) is 19.3. The molecule has 128 valence electrons. The molecule has 1 N–H and O–H groups in total. The van der Waals surface area contributed by atoms with Crippen LogP contribution in [0.3, 0.4) is 0 Å². The van der Waals surface area contributed by atoms with Crippen molar-refractivity contribution in [1.29, 1.82) is 0 Å².